The van der Waals surface area contributed by atoms with E-state index in [1.54, 1.807) is 31.4 Å². The standard InChI is InChI=1S/C19H22N4O3S/c1-26-15-9-7-14(8-10-15)20-17(24)12-27-19-21-18(25)16(22-23-19)11-13-5-3-2-4-6-13/h2-10,16,19,22-23H,11-12H2,1H3,(H,20,24)(H,21,25). The van der Waals surface area contributed by atoms with Gasteiger partial charge in [0.25, 0.3) is 0 Å². The Morgan fingerprint density at radius 2 is 1.85 bits per heavy atom. The number of methoxy groups -OCH3 is 1. The maximum absolute atomic E-state index is 12.3. The number of ether oxygens (including phenoxy) is 1. The van der Waals surface area contributed by atoms with Gasteiger partial charge in [-0.2, -0.15) is 0 Å². The third kappa shape index (κ3) is 5.72. The van der Waals surface area contributed by atoms with Gasteiger partial charge in [-0.3, -0.25) is 9.59 Å². The minimum Gasteiger partial charge on any atom is -0.497 e. The van der Waals surface area contributed by atoms with Crippen LogP contribution in [0.1, 0.15) is 5.56 Å². The van der Waals surface area contributed by atoms with Crippen LogP contribution in [0, 0.1) is 0 Å². The molecule has 0 spiro atoms. The predicted molar refractivity (Wildman–Crippen MR) is 106 cm³/mol. The van der Waals surface area contributed by atoms with Crippen LogP contribution in [0.2, 0.25) is 0 Å². The molecule has 1 saturated heterocycles. The van der Waals surface area contributed by atoms with Crippen LogP contribution in [0.3, 0.4) is 0 Å². The summed E-state index contributed by atoms with van der Waals surface area (Å²) in [6.07, 6.45) is 0.592. The second-order valence-electron chi connectivity index (χ2n) is 6.01. The molecule has 7 nitrogen and oxygen atoms in total. The molecule has 2 unspecified atom stereocenters. The van der Waals surface area contributed by atoms with E-state index in [-0.39, 0.29) is 29.1 Å². The van der Waals surface area contributed by atoms with Crippen molar-refractivity contribution in [1.82, 2.24) is 16.2 Å². The average Bonchev–Trinajstić information content (AvgIpc) is 2.70. The van der Waals surface area contributed by atoms with E-state index in [0.717, 1.165) is 11.3 Å². The number of thioether (sulfide) groups is 1. The summed E-state index contributed by atoms with van der Waals surface area (Å²) in [5.41, 5.74) is 7.47. The fourth-order valence-electron chi connectivity index (χ4n) is 2.62. The highest BCUT2D eigenvalue weighted by atomic mass is 32.2. The van der Waals surface area contributed by atoms with Crippen LogP contribution >= 0.6 is 11.8 Å². The van der Waals surface area contributed by atoms with Crippen LogP contribution in [0.4, 0.5) is 5.69 Å². The maximum Gasteiger partial charge on any atom is 0.240 e. The molecular weight excluding hydrogens is 364 g/mol. The van der Waals surface area contributed by atoms with Gasteiger partial charge in [-0.25, -0.2) is 10.9 Å². The van der Waals surface area contributed by atoms with Crippen molar-refractivity contribution in [1.29, 1.82) is 0 Å². The number of hydrogen-bond acceptors (Lipinski definition) is 6. The Labute approximate surface area is 162 Å². The minimum atomic E-state index is -0.369. The number of benzene rings is 2. The highest BCUT2D eigenvalue weighted by Gasteiger charge is 2.27. The Balaban J connectivity index is 1.41. The summed E-state index contributed by atoms with van der Waals surface area (Å²) in [6, 6.07) is 16.6. The third-order valence-electron chi connectivity index (χ3n) is 4.02. The van der Waals surface area contributed by atoms with Crippen molar-refractivity contribution in [3.8, 4) is 5.75 Å². The summed E-state index contributed by atoms with van der Waals surface area (Å²) >= 11 is 1.30. The first-order chi connectivity index (χ1) is 13.1. The first-order valence-corrected chi connectivity index (χ1v) is 9.60. The number of amides is 2. The lowest BCUT2D eigenvalue weighted by Crippen LogP contribution is -2.64. The Bertz CT molecular complexity index is 770. The summed E-state index contributed by atoms with van der Waals surface area (Å²) in [7, 11) is 1.59. The van der Waals surface area contributed by atoms with Crippen LogP contribution in [0.25, 0.3) is 0 Å². The lowest BCUT2D eigenvalue weighted by molar-refractivity contribution is -0.125. The number of hydrazine groups is 1. The number of carbonyl (C=O) groups excluding carboxylic acids is 2. The second-order valence-corrected chi connectivity index (χ2v) is 7.10. The Kier molecular flexibility index (Phi) is 6.69. The van der Waals surface area contributed by atoms with Gasteiger partial charge in [-0.15, -0.1) is 11.8 Å². The fourth-order valence-corrected chi connectivity index (χ4v) is 3.36. The topological polar surface area (TPSA) is 91.5 Å². The van der Waals surface area contributed by atoms with Gasteiger partial charge in [0.1, 0.15) is 17.3 Å². The van der Waals surface area contributed by atoms with E-state index in [1.165, 1.54) is 11.8 Å². The minimum absolute atomic E-state index is 0.0920. The zero-order valence-corrected chi connectivity index (χ0v) is 15.7. The van der Waals surface area contributed by atoms with E-state index in [9.17, 15) is 9.59 Å². The van der Waals surface area contributed by atoms with Gasteiger partial charge in [-0.1, -0.05) is 30.3 Å². The Hall–Kier alpha value is -2.55. The van der Waals surface area contributed by atoms with Crippen molar-refractivity contribution in [2.45, 2.75) is 18.0 Å². The van der Waals surface area contributed by atoms with Gasteiger partial charge in [0, 0.05) is 5.69 Å². The largest absolute Gasteiger partial charge is 0.497 e. The quantitative estimate of drug-likeness (QED) is 0.576. The van der Waals surface area contributed by atoms with Crippen molar-refractivity contribution in [2.75, 3.05) is 18.2 Å². The molecule has 0 radical (unpaired) electrons. The fraction of sp³-hybridized carbons (Fsp3) is 0.263. The number of anilines is 1. The summed E-state index contributed by atoms with van der Waals surface area (Å²) in [5.74, 6) is 0.695. The molecule has 142 valence electrons. The molecule has 2 aromatic carbocycles. The number of nitrogens with one attached hydrogen (secondary N) is 4. The monoisotopic (exact) mass is 386 g/mol. The van der Waals surface area contributed by atoms with E-state index >= 15 is 0 Å². The molecule has 0 aliphatic carbocycles. The van der Waals surface area contributed by atoms with Crippen molar-refractivity contribution >= 4 is 29.3 Å². The van der Waals surface area contributed by atoms with Crippen LogP contribution < -0.4 is 26.2 Å². The lowest BCUT2D eigenvalue weighted by atomic mass is 10.1. The normalized spacial score (nSPS) is 19.2. The molecule has 3 rings (SSSR count). The average molecular weight is 386 g/mol. The molecule has 0 aromatic heterocycles. The molecule has 2 aromatic rings. The van der Waals surface area contributed by atoms with E-state index in [2.05, 4.69) is 21.5 Å². The number of rotatable bonds is 7. The molecule has 27 heavy (non-hydrogen) atoms. The lowest BCUT2D eigenvalue weighted by Gasteiger charge is -2.31. The zero-order chi connectivity index (χ0) is 19.1. The molecule has 1 fully saturated rings. The number of carbonyl (C=O) groups is 2. The van der Waals surface area contributed by atoms with E-state index in [1.807, 2.05) is 30.3 Å². The van der Waals surface area contributed by atoms with Gasteiger partial charge in [0.15, 0.2) is 0 Å². The van der Waals surface area contributed by atoms with Crippen molar-refractivity contribution in [3.05, 3.63) is 60.2 Å². The van der Waals surface area contributed by atoms with Crippen LogP contribution in [-0.4, -0.2) is 36.2 Å². The zero-order valence-electron chi connectivity index (χ0n) is 14.9. The van der Waals surface area contributed by atoms with Gasteiger partial charge in [0.2, 0.25) is 11.8 Å². The summed E-state index contributed by atoms with van der Waals surface area (Å²) in [5, 5.41) is 5.68. The van der Waals surface area contributed by atoms with Gasteiger partial charge in [0.05, 0.1) is 12.9 Å². The molecule has 2 amide bonds. The first kappa shape index (κ1) is 19.2. The first-order valence-electron chi connectivity index (χ1n) is 8.55. The summed E-state index contributed by atoms with van der Waals surface area (Å²) < 4.78 is 5.08. The van der Waals surface area contributed by atoms with Crippen LogP contribution in [-0.2, 0) is 16.0 Å². The van der Waals surface area contributed by atoms with Crippen molar-refractivity contribution < 1.29 is 14.3 Å². The molecule has 1 heterocycles. The van der Waals surface area contributed by atoms with Gasteiger partial charge < -0.3 is 15.4 Å². The maximum atomic E-state index is 12.3. The van der Waals surface area contributed by atoms with E-state index in [4.69, 9.17) is 4.74 Å². The highest BCUT2D eigenvalue weighted by molar-refractivity contribution is 8.00. The molecule has 4 N–H and O–H groups in total. The summed E-state index contributed by atoms with van der Waals surface area (Å²) in [4.78, 5) is 24.3. The smallest absolute Gasteiger partial charge is 0.240 e. The molecule has 8 heteroatoms. The second kappa shape index (κ2) is 9.40. The van der Waals surface area contributed by atoms with Crippen LogP contribution in [0.15, 0.2) is 54.6 Å². The Morgan fingerprint density at radius 1 is 1.11 bits per heavy atom. The summed E-state index contributed by atoms with van der Waals surface area (Å²) in [6.45, 7) is 0. The van der Waals surface area contributed by atoms with E-state index < -0.39 is 0 Å². The SMILES string of the molecule is COc1ccc(NC(=O)CSC2NNC(Cc3ccccc3)C(=O)N2)cc1. The van der Waals surface area contributed by atoms with E-state index in [0.29, 0.717) is 12.1 Å². The van der Waals surface area contributed by atoms with Gasteiger partial charge in [-0.05, 0) is 36.2 Å². The predicted octanol–water partition coefficient (Wildman–Crippen LogP) is 1.49. The number of hydrogen-bond donors (Lipinski definition) is 4. The molecule has 0 saturated carbocycles. The highest BCUT2D eigenvalue weighted by Crippen LogP contribution is 2.16. The van der Waals surface area contributed by atoms with Crippen molar-refractivity contribution in [2.24, 2.45) is 0 Å². The molecule has 0 bridgehead atoms. The van der Waals surface area contributed by atoms with Gasteiger partial charge >= 0.3 is 0 Å². The molecular formula is C19H22N4O3S. The molecule has 1 aliphatic heterocycles. The Morgan fingerprint density at radius 3 is 2.52 bits per heavy atom. The van der Waals surface area contributed by atoms with Crippen LogP contribution in [0.5, 0.6) is 5.75 Å². The molecule has 1 aliphatic rings. The van der Waals surface area contributed by atoms with Crippen molar-refractivity contribution in [3.63, 3.8) is 0 Å². The molecule has 2 atom stereocenters. The third-order valence-corrected chi connectivity index (χ3v) is 5.01.